The summed E-state index contributed by atoms with van der Waals surface area (Å²) in [6.07, 6.45) is 1.73. The molecule has 0 amide bonds. The fourth-order valence-corrected chi connectivity index (χ4v) is 3.89. The van der Waals surface area contributed by atoms with Gasteiger partial charge in [0.1, 0.15) is 0 Å². The summed E-state index contributed by atoms with van der Waals surface area (Å²) in [4.78, 5) is 17.7. The monoisotopic (exact) mass is 387 g/mol. The van der Waals surface area contributed by atoms with Crippen LogP contribution in [0.5, 0.6) is 0 Å². The third kappa shape index (κ3) is 2.95. The summed E-state index contributed by atoms with van der Waals surface area (Å²) >= 11 is 13.4. The minimum absolute atomic E-state index is 0.210. The minimum atomic E-state index is -0.210. The molecule has 2 aromatic carbocycles. The van der Waals surface area contributed by atoms with Gasteiger partial charge in [-0.1, -0.05) is 64.9 Å². The van der Waals surface area contributed by atoms with E-state index in [0.29, 0.717) is 25.4 Å². The molecule has 124 valence electrons. The minimum Gasteiger partial charge on any atom is -0.266 e. The van der Waals surface area contributed by atoms with Crippen LogP contribution in [-0.2, 0) is 0 Å². The number of nitrogens with zero attached hydrogens (tertiary/aromatic N) is 3. The lowest BCUT2D eigenvalue weighted by atomic mass is 10.1. The number of aryl methyl sites for hydroxylation is 1. The first kappa shape index (κ1) is 16.3. The van der Waals surface area contributed by atoms with E-state index in [-0.39, 0.29) is 5.56 Å². The van der Waals surface area contributed by atoms with E-state index in [9.17, 15) is 4.79 Å². The molecule has 0 aliphatic rings. The molecule has 0 saturated carbocycles. The number of aromatic nitrogens is 3. The Morgan fingerprint density at radius 2 is 1.96 bits per heavy atom. The normalized spacial score (nSPS) is 12.2. The van der Waals surface area contributed by atoms with E-state index in [1.807, 2.05) is 31.2 Å². The molecule has 7 heteroatoms. The first-order chi connectivity index (χ1) is 12.0. The van der Waals surface area contributed by atoms with Crippen LogP contribution in [0.4, 0.5) is 0 Å². The summed E-state index contributed by atoms with van der Waals surface area (Å²) in [7, 11) is 0. The van der Waals surface area contributed by atoms with Crippen LogP contribution in [0.25, 0.3) is 22.4 Å². The van der Waals surface area contributed by atoms with E-state index in [2.05, 4.69) is 10.1 Å². The first-order valence-corrected chi connectivity index (χ1v) is 9.02. The van der Waals surface area contributed by atoms with Crippen LogP contribution in [0.1, 0.15) is 11.1 Å². The molecule has 0 aliphatic heterocycles. The molecular weight excluding hydrogens is 377 g/mol. The predicted octanol–water partition coefficient (Wildman–Crippen LogP) is 3.98. The number of thiazole rings is 1. The second-order valence-corrected chi connectivity index (χ2v) is 7.38. The van der Waals surface area contributed by atoms with Crippen LogP contribution < -0.4 is 10.1 Å². The Hall–Kier alpha value is -2.21. The number of hydrogen-bond acceptors (Lipinski definition) is 4. The Balaban J connectivity index is 1.85. The number of halogens is 2. The molecule has 0 N–H and O–H groups in total. The number of fused-ring (bicyclic) bond motifs is 1. The Labute approximate surface area is 157 Å². The van der Waals surface area contributed by atoms with Gasteiger partial charge in [0.2, 0.25) is 4.96 Å². The quantitative estimate of drug-likeness (QED) is 0.522. The summed E-state index contributed by atoms with van der Waals surface area (Å²) < 4.78 is 1.86. The predicted molar refractivity (Wildman–Crippen MR) is 103 cm³/mol. The molecule has 0 radical (unpaired) electrons. The molecule has 0 atom stereocenters. The molecule has 0 bridgehead atoms. The summed E-state index contributed by atoms with van der Waals surface area (Å²) in [5, 5.41) is 5.41. The van der Waals surface area contributed by atoms with Gasteiger partial charge in [-0.25, -0.2) is 0 Å². The zero-order valence-corrected chi connectivity index (χ0v) is 15.4. The van der Waals surface area contributed by atoms with Crippen molar-refractivity contribution in [3.05, 3.63) is 78.5 Å². The molecule has 2 aromatic heterocycles. The lowest BCUT2D eigenvalue weighted by Crippen LogP contribution is -2.23. The highest BCUT2D eigenvalue weighted by atomic mass is 35.5. The second kappa shape index (κ2) is 6.26. The summed E-state index contributed by atoms with van der Waals surface area (Å²) in [6.45, 7) is 1.99. The third-order valence-electron chi connectivity index (χ3n) is 3.82. The second-order valence-electron chi connectivity index (χ2n) is 5.53. The van der Waals surface area contributed by atoms with Gasteiger partial charge in [-0.05, 0) is 36.3 Å². The van der Waals surface area contributed by atoms with Crippen LogP contribution in [0, 0.1) is 6.92 Å². The van der Waals surface area contributed by atoms with Crippen LogP contribution >= 0.6 is 34.5 Å². The lowest BCUT2D eigenvalue weighted by Gasteiger charge is -1.98. The maximum absolute atomic E-state index is 12.6. The maximum atomic E-state index is 12.6. The highest BCUT2D eigenvalue weighted by molar-refractivity contribution is 7.15. The van der Waals surface area contributed by atoms with Crippen LogP contribution in [0.15, 0.2) is 47.3 Å². The zero-order chi connectivity index (χ0) is 17.6. The maximum Gasteiger partial charge on any atom is 0.291 e. The summed E-state index contributed by atoms with van der Waals surface area (Å²) in [5.41, 5.74) is 2.50. The topological polar surface area (TPSA) is 47.3 Å². The van der Waals surface area contributed by atoms with Gasteiger partial charge in [-0.15, -0.1) is 5.10 Å². The SMILES string of the molecule is Cc1ccccc1-c1nc2sc(=Cc3ccc(Cl)cc3Cl)c(=O)n2n1. The van der Waals surface area contributed by atoms with Crippen LogP contribution in [-0.4, -0.2) is 14.6 Å². The number of benzene rings is 2. The number of hydrogen-bond donors (Lipinski definition) is 0. The van der Waals surface area contributed by atoms with Gasteiger partial charge in [-0.2, -0.15) is 9.50 Å². The fraction of sp³-hybridized carbons (Fsp3) is 0.0556. The van der Waals surface area contributed by atoms with E-state index < -0.39 is 0 Å². The van der Waals surface area contributed by atoms with Crippen molar-refractivity contribution in [3.63, 3.8) is 0 Å². The summed E-state index contributed by atoms with van der Waals surface area (Å²) in [5.74, 6) is 0.553. The molecular formula is C18H11Cl2N3OS. The standard InChI is InChI=1S/C18H11Cl2N3OS/c1-10-4-2-3-5-13(10)16-21-18-23(22-16)17(24)15(25-18)8-11-6-7-12(19)9-14(11)20/h2-9H,1H3. The van der Waals surface area contributed by atoms with Crippen molar-refractivity contribution in [3.8, 4) is 11.4 Å². The largest absolute Gasteiger partial charge is 0.291 e. The van der Waals surface area contributed by atoms with Crippen molar-refractivity contribution in [2.75, 3.05) is 0 Å². The molecule has 25 heavy (non-hydrogen) atoms. The molecule has 0 unspecified atom stereocenters. The van der Waals surface area contributed by atoms with E-state index in [1.165, 1.54) is 15.9 Å². The van der Waals surface area contributed by atoms with Crippen molar-refractivity contribution >= 4 is 45.6 Å². The van der Waals surface area contributed by atoms with Gasteiger partial charge in [0.05, 0.1) is 4.53 Å². The molecule has 4 aromatic rings. The first-order valence-electron chi connectivity index (χ1n) is 7.45. The molecule has 2 heterocycles. The molecule has 0 fully saturated rings. The van der Waals surface area contributed by atoms with E-state index in [4.69, 9.17) is 23.2 Å². The van der Waals surface area contributed by atoms with Gasteiger partial charge >= 0.3 is 0 Å². The van der Waals surface area contributed by atoms with E-state index >= 15 is 0 Å². The van der Waals surface area contributed by atoms with Gasteiger partial charge in [-0.3, -0.25) is 4.79 Å². The molecule has 4 rings (SSSR count). The summed E-state index contributed by atoms with van der Waals surface area (Å²) in [6, 6.07) is 13.0. The van der Waals surface area contributed by atoms with Crippen molar-refractivity contribution in [2.24, 2.45) is 0 Å². The molecule has 4 nitrogen and oxygen atoms in total. The van der Waals surface area contributed by atoms with Gasteiger partial charge in [0, 0.05) is 15.6 Å². The molecule has 0 spiro atoms. The average Bonchev–Trinajstić information content (AvgIpc) is 3.11. The van der Waals surface area contributed by atoms with Gasteiger partial charge in [0.25, 0.3) is 5.56 Å². The fourth-order valence-electron chi connectivity index (χ4n) is 2.53. The highest BCUT2D eigenvalue weighted by Crippen LogP contribution is 2.22. The van der Waals surface area contributed by atoms with Crippen LogP contribution in [0.2, 0.25) is 10.0 Å². The Morgan fingerprint density at radius 3 is 2.68 bits per heavy atom. The Bertz CT molecular complexity index is 1210. The molecule has 0 aliphatic carbocycles. The van der Waals surface area contributed by atoms with Crippen molar-refractivity contribution in [1.82, 2.24) is 14.6 Å². The highest BCUT2D eigenvalue weighted by Gasteiger charge is 2.13. The Morgan fingerprint density at radius 1 is 1.16 bits per heavy atom. The average molecular weight is 388 g/mol. The van der Waals surface area contributed by atoms with Crippen LogP contribution in [0.3, 0.4) is 0 Å². The van der Waals surface area contributed by atoms with Gasteiger partial charge in [0.15, 0.2) is 5.82 Å². The smallest absolute Gasteiger partial charge is 0.266 e. The van der Waals surface area contributed by atoms with E-state index in [0.717, 1.165) is 16.7 Å². The van der Waals surface area contributed by atoms with Crippen molar-refractivity contribution in [2.45, 2.75) is 6.92 Å². The Kier molecular flexibility index (Phi) is 4.07. The van der Waals surface area contributed by atoms with E-state index in [1.54, 1.807) is 24.3 Å². The zero-order valence-electron chi connectivity index (χ0n) is 13.0. The van der Waals surface area contributed by atoms with Gasteiger partial charge < -0.3 is 0 Å². The van der Waals surface area contributed by atoms with Crippen molar-refractivity contribution < 1.29 is 0 Å². The third-order valence-corrected chi connectivity index (χ3v) is 5.34. The lowest BCUT2D eigenvalue weighted by molar-refractivity contribution is 0.936. The van der Waals surface area contributed by atoms with Crippen molar-refractivity contribution in [1.29, 1.82) is 0 Å². The molecule has 0 saturated heterocycles. The number of rotatable bonds is 2.